The summed E-state index contributed by atoms with van der Waals surface area (Å²) in [7, 11) is 0. The van der Waals surface area contributed by atoms with E-state index in [-0.39, 0.29) is 0 Å². The van der Waals surface area contributed by atoms with Crippen LogP contribution in [-0.4, -0.2) is 9.78 Å². The first-order valence-corrected chi connectivity index (χ1v) is 4.42. The Balaban J connectivity index is 2.46. The van der Waals surface area contributed by atoms with Crippen molar-refractivity contribution < 1.29 is 0 Å². The summed E-state index contributed by atoms with van der Waals surface area (Å²) >= 11 is 5.86. The lowest BCUT2D eigenvalue weighted by Crippen LogP contribution is -1.94. The van der Waals surface area contributed by atoms with Gasteiger partial charge in [-0.3, -0.25) is 0 Å². The van der Waals surface area contributed by atoms with Gasteiger partial charge in [0.05, 0.1) is 11.4 Å². The van der Waals surface area contributed by atoms with Gasteiger partial charge in [-0.2, -0.15) is 5.10 Å². The number of benzene rings is 1. The van der Waals surface area contributed by atoms with E-state index >= 15 is 0 Å². The highest BCUT2D eigenvalue weighted by Crippen LogP contribution is 2.13. The summed E-state index contributed by atoms with van der Waals surface area (Å²) in [5, 5.41) is 5.01. The summed E-state index contributed by atoms with van der Waals surface area (Å²) in [5.41, 5.74) is 1.99. The second kappa shape index (κ2) is 3.23. The molecule has 1 aromatic carbocycles. The predicted octanol–water partition coefficient (Wildman–Crippen LogP) is 2.83. The first kappa shape index (κ1) is 8.32. The van der Waals surface area contributed by atoms with E-state index in [1.165, 1.54) is 0 Å². The maximum absolute atomic E-state index is 5.86. The number of rotatable bonds is 1. The highest BCUT2D eigenvalue weighted by Gasteiger charge is 1.97. The van der Waals surface area contributed by atoms with Gasteiger partial charge in [0.2, 0.25) is 0 Å². The third kappa shape index (κ3) is 1.73. The largest absolute Gasteiger partial charge is 0.241 e. The van der Waals surface area contributed by atoms with Crippen LogP contribution in [0.4, 0.5) is 0 Å². The van der Waals surface area contributed by atoms with Crippen molar-refractivity contribution in [3.05, 3.63) is 47.2 Å². The standard InChI is InChI=1S/C10H9ClN2/c1-8-5-6-13(12-8)10-4-2-3-9(11)7-10/h2-7H,1H3. The third-order valence-electron chi connectivity index (χ3n) is 1.80. The van der Waals surface area contributed by atoms with Crippen LogP contribution in [0.2, 0.25) is 5.02 Å². The molecule has 0 saturated carbocycles. The fraction of sp³-hybridized carbons (Fsp3) is 0.100. The average molecular weight is 193 g/mol. The van der Waals surface area contributed by atoms with Gasteiger partial charge in [-0.1, -0.05) is 17.7 Å². The number of nitrogens with zero attached hydrogens (tertiary/aromatic N) is 2. The minimum Gasteiger partial charge on any atom is -0.241 e. The molecular weight excluding hydrogens is 184 g/mol. The monoisotopic (exact) mass is 192 g/mol. The van der Waals surface area contributed by atoms with Gasteiger partial charge in [0.1, 0.15) is 0 Å². The summed E-state index contributed by atoms with van der Waals surface area (Å²) in [6.07, 6.45) is 1.92. The second-order valence-electron chi connectivity index (χ2n) is 2.88. The molecule has 0 fully saturated rings. The summed E-state index contributed by atoms with van der Waals surface area (Å²) in [6, 6.07) is 9.57. The Kier molecular flexibility index (Phi) is 2.07. The Morgan fingerprint density at radius 1 is 1.31 bits per heavy atom. The van der Waals surface area contributed by atoms with Crippen molar-refractivity contribution in [3.8, 4) is 5.69 Å². The Hall–Kier alpha value is -1.28. The molecule has 0 aliphatic heterocycles. The van der Waals surface area contributed by atoms with Gasteiger partial charge in [0, 0.05) is 11.2 Å². The van der Waals surface area contributed by atoms with Gasteiger partial charge in [0.25, 0.3) is 0 Å². The Labute approximate surface area is 81.8 Å². The maximum Gasteiger partial charge on any atom is 0.0660 e. The van der Waals surface area contributed by atoms with Crippen LogP contribution in [0.25, 0.3) is 5.69 Å². The normalized spacial score (nSPS) is 10.3. The smallest absolute Gasteiger partial charge is 0.0660 e. The molecule has 0 amide bonds. The highest BCUT2D eigenvalue weighted by molar-refractivity contribution is 6.30. The lowest BCUT2D eigenvalue weighted by molar-refractivity contribution is 0.863. The maximum atomic E-state index is 5.86. The first-order chi connectivity index (χ1) is 6.25. The van der Waals surface area contributed by atoms with Gasteiger partial charge in [0.15, 0.2) is 0 Å². The van der Waals surface area contributed by atoms with Gasteiger partial charge in [-0.15, -0.1) is 0 Å². The van der Waals surface area contributed by atoms with Crippen molar-refractivity contribution in [1.82, 2.24) is 9.78 Å². The Morgan fingerprint density at radius 2 is 2.15 bits per heavy atom. The van der Waals surface area contributed by atoms with Crippen LogP contribution in [0.3, 0.4) is 0 Å². The third-order valence-corrected chi connectivity index (χ3v) is 2.03. The van der Waals surface area contributed by atoms with Crippen LogP contribution >= 0.6 is 11.6 Å². The van der Waals surface area contributed by atoms with E-state index in [4.69, 9.17) is 11.6 Å². The van der Waals surface area contributed by atoms with E-state index in [9.17, 15) is 0 Å². The molecule has 0 N–H and O–H groups in total. The number of aryl methyl sites for hydroxylation is 1. The molecule has 0 aliphatic carbocycles. The SMILES string of the molecule is Cc1ccn(-c2cccc(Cl)c2)n1. The summed E-state index contributed by atoms with van der Waals surface area (Å²) in [6.45, 7) is 1.96. The fourth-order valence-corrected chi connectivity index (χ4v) is 1.36. The zero-order valence-electron chi connectivity index (χ0n) is 7.24. The summed E-state index contributed by atoms with van der Waals surface area (Å²) < 4.78 is 1.81. The van der Waals surface area contributed by atoms with Crippen molar-refractivity contribution in [3.63, 3.8) is 0 Å². The van der Waals surface area contributed by atoms with Crippen LogP contribution in [-0.2, 0) is 0 Å². The van der Waals surface area contributed by atoms with E-state index in [1.807, 2.05) is 43.5 Å². The molecular formula is C10H9ClN2. The van der Waals surface area contributed by atoms with E-state index in [0.717, 1.165) is 16.4 Å². The molecule has 2 rings (SSSR count). The van der Waals surface area contributed by atoms with Gasteiger partial charge < -0.3 is 0 Å². The van der Waals surface area contributed by atoms with Crippen LogP contribution in [0.5, 0.6) is 0 Å². The van der Waals surface area contributed by atoms with E-state index < -0.39 is 0 Å². The van der Waals surface area contributed by atoms with Crippen molar-refractivity contribution in [2.24, 2.45) is 0 Å². The molecule has 2 aromatic rings. The van der Waals surface area contributed by atoms with E-state index in [2.05, 4.69) is 5.10 Å². The lowest BCUT2D eigenvalue weighted by atomic mass is 10.3. The molecule has 0 atom stereocenters. The number of hydrogen-bond acceptors (Lipinski definition) is 1. The minimum absolute atomic E-state index is 0.727. The molecule has 0 aliphatic rings. The first-order valence-electron chi connectivity index (χ1n) is 4.04. The molecule has 0 unspecified atom stereocenters. The summed E-state index contributed by atoms with van der Waals surface area (Å²) in [5.74, 6) is 0. The number of aromatic nitrogens is 2. The van der Waals surface area contributed by atoms with Crippen LogP contribution < -0.4 is 0 Å². The molecule has 0 radical (unpaired) electrons. The zero-order valence-corrected chi connectivity index (χ0v) is 7.99. The summed E-state index contributed by atoms with van der Waals surface area (Å²) in [4.78, 5) is 0. The topological polar surface area (TPSA) is 17.8 Å². The van der Waals surface area contributed by atoms with E-state index in [1.54, 1.807) is 4.68 Å². The zero-order chi connectivity index (χ0) is 9.26. The molecule has 66 valence electrons. The molecule has 13 heavy (non-hydrogen) atoms. The molecule has 1 aromatic heterocycles. The molecule has 0 spiro atoms. The fourth-order valence-electron chi connectivity index (χ4n) is 1.18. The molecule has 0 bridgehead atoms. The lowest BCUT2D eigenvalue weighted by Gasteiger charge is -2.00. The average Bonchev–Trinajstić information content (AvgIpc) is 2.52. The van der Waals surface area contributed by atoms with E-state index in [0.29, 0.717) is 0 Å². The number of hydrogen-bond donors (Lipinski definition) is 0. The van der Waals surface area contributed by atoms with Crippen LogP contribution in [0, 0.1) is 6.92 Å². The highest BCUT2D eigenvalue weighted by atomic mass is 35.5. The van der Waals surface area contributed by atoms with Crippen molar-refractivity contribution in [2.75, 3.05) is 0 Å². The Bertz CT molecular complexity index is 420. The number of halogens is 1. The molecule has 0 saturated heterocycles. The van der Waals surface area contributed by atoms with Crippen molar-refractivity contribution >= 4 is 11.6 Å². The van der Waals surface area contributed by atoms with Crippen LogP contribution in [0.1, 0.15) is 5.69 Å². The molecule has 1 heterocycles. The van der Waals surface area contributed by atoms with Crippen LogP contribution in [0.15, 0.2) is 36.5 Å². The van der Waals surface area contributed by atoms with Gasteiger partial charge in [-0.05, 0) is 31.2 Å². The predicted molar refractivity (Wildman–Crippen MR) is 53.3 cm³/mol. The minimum atomic E-state index is 0.727. The quantitative estimate of drug-likeness (QED) is 0.680. The molecule has 3 heteroatoms. The van der Waals surface area contributed by atoms with Gasteiger partial charge in [-0.25, -0.2) is 4.68 Å². The molecule has 2 nitrogen and oxygen atoms in total. The Morgan fingerprint density at radius 3 is 2.77 bits per heavy atom. The van der Waals surface area contributed by atoms with Crippen molar-refractivity contribution in [1.29, 1.82) is 0 Å². The second-order valence-corrected chi connectivity index (χ2v) is 3.32. The van der Waals surface area contributed by atoms with Crippen molar-refractivity contribution in [2.45, 2.75) is 6.92 Å². The van der Waals surface area contributed by atoms with Gasteiger partial charge >= 0.3 is 0 Å².